The van der Waals surface area contributed by atoms with E-state index < -0.39 is 10.0 Å². The Kier molecular flexibility index (Phi) is 5.54. The molecule has 90 valence electrons. The maximum Gasteiger partial charge on any atom is 0.243 e. The number of hydrogen-bond acceptors (Lipinski definition) is 4. The average molecular weight is 281 g/mol. The zero-order chi connectivity index (χ0) is 12.0. The van der Waals surface area contributed by atoms with E-state index in [0.29, 0.717) is 6.54 Å². The van der Waals surface area contributed by atoms with E-state index >= 15 is 0 Å². The van der Waals surface area contributed by atoms with Crippen LogP contribution in [0.4, 0.5) is 0 Å². The molecule has 1 aromatic heterocycles. The van der Waals surface area contributed by atoms with Gasteiger partial charge in [0, 0.05) is 18.9 Å². The van der Waals surface area contributed by atoms with Crippen molar-refractivity contribution in [2.45, 2.75) is 11.3 Å². The van der Waals surface area contributed by atoms with Crippen LogP contribution in [-0.4, -0.2) is 32.0 Å². The van der Waals surface area contributed by atoms with Crippen molar-refractivity contribution < 1.29 is 8.42 Å². The molecule has 0 aliphatic carbocycles. The fourth-order valence-electron chi connectivity index (χ4n) is 1.06. The molecule has 1 heterocycles. The number of halogens is 1. The number of nitrogens with one attached hydrogen (secondary N) is 1. The lowest BCUT2D eigenvalue weighted by molar-refractivity contribution is 0.580. The Hall–Kier alpha value is -0.300. The summed E-state index contributed by atoms with van der Waals surface area (Å²) in [6.45, 7) is 0.411. The Labute approximate surface area is 105 Å². The molecule has 0 radical (unpaired) electrons. The summed E-state index contributed by atoms with van der Waals surface area (Å²) >= 11 is 7.46. The molecule has 0 aliphatic heterocycles. The van der Waals surface area contributed by atoms with Gasteiger partial charge in [0.25, 0.3) is 0 Å². The van der Waals surface area contributed by atoms with Crippen molar-refractivity contribution in [3.8, 4) is 0 Å². The first-order chi connectivity index (χ1) is 7.58. The first kappa shape index (κ1) is 13.8. The highest BCUT2D eigenvalue weighted by Gasteiger charge is 2.16. The van der Waals surface area contributed by atoms with Gasteiger partial charge in [-0.15, -0.1) is 0 Å². The first-order valence-electron chi connectivity index (χ1n) is 4.66. The van der Waals surface area contributed by atoms with Gasteiger partial charge in [0.05, 0.1) is 5.02 Å². The molecular formula is C9H13ClN2O2S2. The highest BCUT2D eigenvalue weighted by atomic mass is 35.5. The molecule has 16 heavy (non-hydrogen) atoms. The summed E-state index contributed by atoms with van der Waals surface area (Å²) in [4.78, 5) is 3.78. The third kappa shape index (κ3) is 3.93. The Balaban J connectivity index is 2.68. The number of sulfonamides is 1. The van der Waals surface area contributed by atoms with Crippen molar-refractivity contribution >= 4 is 33.4 Å². The molecule has 0 saturated carbocycles. The van der Waals surface area contributed by atoms with Gasteiger partial charge in [-0.05, 0) is 24.5 Å². The molecule has 0 aromatic carbocycles. The van der Waals surface area contributed by atoms with Crippen molar-refractivity contribution in [2.24, 2.45) is 0 Å². The van der Waals surface area contributed by atoms with Crippen LogP contribution in [0.15, 0.2) is 23.4 Å². The highest BCUT2D eigenvalue weighted by molar-refractivity contribution is 7.98. The van der Waals surface area contributed by atoms with Gasteiger partial charge < -0.3 is 0 Å². The molecule has 1 aromatic rings. The van der Waals surface area contributed by atoms with Gasteiger partial charge in [-0.25, -0.2) is 13.1 Å². The van der Waals surface area contributed by atoms with Crippen molar-refractivity contribution in [2.75, 3.05) is 18.6 Å². The van der Waals surface area contributed by atoms with Crippen molar-refractivity contribution in [1.82, 2.24) is 9.71 Å². The van der Waals surface area contributed by atoms with Gasteiger partial charge in [-0.1, -0.05) is 11.6 Å². The van der Waals surface area contributed by atoms with Crippen LogP contribution in [0, 0.1) is 0 Å². The molecule has 1 N–H and O–H groups in total. The quantitative estimate of drug-likeness (QED) is 0.807. The van der Waals surface area contributed by atoms with E-state index in [1.54, 1.807) is 11.8 Å². The minimum atomic E-state index is -3.53. The maximum atomic E-state index is 11.8. The molecule has 7 heteroatoms. The fraction of sp³-hybridized carbons (Fsp3) is 0.444. The van der Waals surface area contributed by atoms with E-state index in [-0.39, 0.29) is 9.92 Å². The summed E-state index contributed by atoms with van der Waals surface area (Å²) in [6.07, 6.45) is 5.47. The lowest BCUT2D eigenvalue weighted by Gasteiger charge is -2.06. The number of rotatable bonds is 6. The van der Waals surface area contributed by atoms with Crippen LogP contribution in [0.1, 0.15) is 6.42 Å². The summed E-state index contributed by atoms with van der Waals surface area (Å²) in [5.74, 6) is 0.920. The molecule has 0 fully saturated rings. The summed E-state index contributed by atoms with van der Waals surface area (Å²) in [5.41, 5.74) is 0. The number of pyridine rings is 1. The summed E-state index contributed by atoms with van der Waals surface area (Å²) < 4.78 is 26.0. The fourth-order valence-corrected chi connectivity index (χ4v) is 3.00. The third-order valence-electron chi connectivity index (χ3n) is 1.84. The summed E-state index contributed by atoms with van der Waals surface area (Å²) in [7, 11) is -3.53. The van der Waals surface area contributed by atoms with E-state index in [1.807, 2.05) is 6.26 Å². The molecule has 0 aliphatic rings. The summed E-state index contributed by atoms with van der Waals surface area (Å²) in [5, 5.41) is 0.187. The average Bonchev–Trinajstić information content (AvgIpc) is 2.25. The SMILES string of the molecule is CSCCCNS(=O)(=O)c1cnccc1Cl. The topological polar surface area (TPSA) is 59.1 Å². The minimum absolute atomic E-state index is 0.0285. The van der Waals surface area contributed by atoms with E-state index in [1.165, 1.54) is 18.5 Å². The van der Waals surface area contributed by atoms with E-state index in [0.717, 1.165) is 12.2 Å². The number of aromatic nitrogens is 1. The Bertz CT molecular complexity index is 437. The second-order valence-corrected chi connectivity index (χ2v) is 6.18. The lowest BCUT2D eigenvalue weighted by Crippen LogP contribution is -2.25. The number of thioether (sulfide) groups is 1. The van der Waals surface area contributed by atoms with Gasteiger partial charge in [0.2, 0.25) is 10.0 Å². The van der Waals surface area contributed by atoms with Gasteiger partial charge in [0.1, 0.15) is 4.90 Å². The van der Waals surface area contributed by atoms with Crippen LogP contribution in [0.2, 0.25) is 5.02 Å². The Morgan fingerprint density at radius 3 is 2.94 bits per heavy atom. The van der Waals surface area contributed by atoms with Gasteiger partial charge in [-0.2, -0.15) is 11.8 Å². The third-order valence-corrected chi connectivity index (χ3v) is 4.47. The van der Waals surface area contributed by atoms with Gasteiger partial charge >= 0.3 is 0 Å². The normalized spacial score (nSPS) is 11.6. The second kappa shape index (κ2) is 6.44. The zero-order valence-electron chi connectivity index (χ0n) is 8.81. The number of nitrogens with zero attached hydrogens (tertiary/aromatic N) is 1. The molecule has 0 bridgehead atoms. The van der Waals surface area contributed by atoms with Crippen LogP contribution < -0.4 is 4.72 Å². The molecule has 4 nitrogen and oxygen atoms in total. The lowest BCUT2D eigenvalue weighted by atomic mass is 10.5. The van der Waals surface area contributed by atoms with E-state index in [4.69, 9.17) is 11.6 Å². The predicted molar refractivity (Wildman–Crippen MR) is 67.4 cm³/mol. The Morgan fingerprint density at radius 1 is 1.56 bits per heavy atom. The van der Waals surface area contributed by atoms with Crippen LogP contribution in [0.5, 0.6) is 0 Å². The van der Waals surface area contributed by atoms with Crippen LogP contribution in [-0.2, 0) is 10.0 Å². The van der Waals surface area contributed by atoms with Crippen molar-refractivity contribution in [3.05, 3.63) is 23.5 Å². The van der Waals surface area contributed by atoms with Crippen molar-refractivity contribution in [3.63, 3.8) is 0 Å². The summed E-state index contributed by atoms with van der Waals surface area (Å²) in [6, 6.07) is 1.46. The number of hydrogen-bond donors (Lipinski definition) is 1. The zero-order valence-corrected chi connectivity index (χ0v) is 11.2. The minimum Gasteiger partial charge on any atom is -0.263 e. The second-order valence-electron chi connectivity index (χ2n) is 3.05. The van der Waals surface area contributed by atoms with Gasteiger partial charge in [0.15, 0.2) is 0 Å². The largest absolute Gasteiger partial charge is 0.263 e. The molecule has 0 saturated heterocycles. The predicted octanol–water partition coefficient (Wildman–Crippen LogP) is 1.77. The highest BCUT2D eigenvalue weighted by Crippen LogP contribution is 2.18. The molecule has 0 unspecified atom stereocenters. The van der Waals surface area contributed by atoms with E-state index in [2.05, 4.69) is 9.71 Å². The van der Waals surface area contributed by atoms with E-state index in [9.17, 15) is 8.42 Å². The molecular weight excluding hydrogens is 268 g/mol. The van der Waals surface area contributed by atoms with Crippen molar-refractivity contribution in [1.29, 1.82) is 0 Å². The maximum absolute atomic E-state index is 11.8. The molecule has 0 atom stereocenters. The molecule has 1 rings (SSSR count). The van der Waals surface area contributed by atoms with Gasteiger partial charge in [-0.3, -0.25) is 4.98 Å². The smallest absolute Gasteiger partial charge is 0.243 e. The standard InChI is InChI=1S/C9H13ClN2O2S2/c1-15-6-2-4-12-16(13,14)9-7-11-5-3-8(9)10/h3,5,7,12H,2,4,6H2,1H3. The van der Waals surface area contributed by atoms with Crippen LogP contribution in [0.25, 0.3) is 0 Å². The first-order valence-corrected chi connectivity index (χ1v) is 7.91. The Morgan fingerprint density at radius 2 is 2.31 bits per heavy atom. The molecule has 0 spiro atoms. The van der Waals surface area contributed by atoms with Crippen LogP contribution >= 0.6 is 23.4 Å². The monoisotopic (exact) mass is 280 g/mol. The molecule has 0 amide bonds. The van der Waals surface area contributed by atoms with Crippen LogP contribution in [0.3, 0.4) is 0 Å².